The summed E-state index contributed by atoms with van der Waals surface area (Å²) in [5.41, 5.74) is 1.68. The average Bonchev–Trinajstić information content (AvgIpc) is 2.96. The Morgan fingerprint density at radius 1 is 0.964 bits per heavy atom. The Balaban J connectivity index is 1.42. The van der Waals surface area contributed by atoms with Crippen LogP contribution in [-0.2, 0) is 4.79 Å². The topological polar surface area (TPSA) is 40.6 Å². The lowest BCUT2D eigenvalue weighted by Gasteiger charge is -2.34. The Hall–Kier alpha value is -1.98. The Morgan fingerprint density at radius 3 is 2.43 bits per heavy atom. The van der Waals surface area contributed by atoms with Crippen molar-refractivity contribution >= 4 is 40.9 Å². The molecule has 0 atom stereocenters. The van der Waals surface area contributed by atoms with Crippen LogP contribution in [0.3, 0.4) is 0 Å². The molecule has 2 aromatic carbocycles. The maximum absolute atomic E-state index is 13.3. The highest BCUT2D eigenvalue weighted by molar-refractivity contribution is 7.99. The van der Waals surface area contributed by atoms with Gasteiger partial charge in [-0.1, -0.05) is 23.7 Å². The van der Waals surface area contributed by atoms with Crippen molar-refractivity contribution in [1.29, 1.82) is 0 Å². The molecule has 0 saturated carbocycles. The molecule has 4 nitrogen and oxygen atoms in total. The Morgan fingerprint density at radius 2 is 1.68 bits per heavy atom. The lowest BCUT2D eigenvalue weighted by Crippen LogP contribution is -2.44. The number of thioether (sulfide) groups is 1. The zero-order valence-corrected chi connectivity index (χ0v) is 17.2. The number of anilines is 1. The molecule has 146 valence electrons. The summed E-state index contributed by atoms with van der Waals surface area (Å²) in [4.78, 5) is 30.9. The van der Waals surface area contributed by atoms with E-state index in [4.69, 9.17) is 11.6 Å². The number of hydrogen-bond acceptors (Lipinski definition) is 3. The van der Waals surface area contributed by atoms with Gasteiger partial charge < -0.3 is 9.80 Å². The molecule has 0 radical (unpaired) electrons. The van der Waals surface area contributed by atoms with Crippen molar-refractivity contribution in [3.8, 4) is 0 Å². The maximum atomic E-state index is 13.3. The summed E-state index contributed by atoms with van der Waals surface area (Å²) in [7, 11) is 0. The van der Waals surface area contributed by atoms with Gasteiger partial charge in [-0.15, -0.1) is 11.8 Å². The Kier molecular flexibility index (Phi) is 5.93. The number of carbonyl (C=O) groups is 2. The monoisotopic (exact) mass is 414 g/mol. The van der Waals surface area contributed by atoms with Crippen LogP contribution in [0.2, 0.25) is 5.02 Å². The quantitative estimate of drug-likeness (QED) is 0.713. The summed E-state index contributed by atoms with van der Waals surface area (Å²) in [5.74, 6) is 1.23. The van der Waals surface area contributed by atoms with Crippen molar-refractivity contribution in [2.45, 2.75) is 24.2 Å². The van der Waals surface area contributed by atoms with E-state index in [9.17, 15) is 9.59 Å². The first-order chi connectivity index (χ1) is 13.6. The van der Waals surface area contributed by atoms with Gasteiger partial charge in [-0.2, -0.15) is 0 Å². The highest BCUT2D eigenvalue weighted by Crippen LogP contribution is 2.35. The van der Waals surface area contributed by atoms with Crippen molar-refractivity contribution in [1.82, 2.24) is 4.90 Å². The predicted octanol–water partition coefficient (Wildman–Crippen LogP) is 4.72. The molecular weight excluding hydrogens is 392 g/mol. The third kappa shape index (κ3) is 4.06. The van der Waals surface area contributed by atoms with E-state index in [2.05, 4.69) is 6.07 Å². The van der Waals surface area contributed by atoms with E-state index in [0.29, 0.717) is 36.5 Å². The second-order valence-corrected chi connectivity index (χ2v) is 8.81. The number of piperidine rings is 1. The molecular formula is C22H23ClN2O2S. The minimum Gasteiger partial charge on any atom is -0.339 e. The number of nitrogens with zero attached hydrogens (tertiary/aromatic N) is 2. The van der Waals surface area contributed by atoms with Crippen molar-refractivity contribution in [3.05, 3.63) is 59.1 Å². The molecule has 0 bridgehead atoms. The normalized spacial score (nSPS) is 17.8. The van der Waals surface area contributed by atoms with Gasteiger partial charge in [0, 0.05) is 41.0 Å². The molecule has 0 aliphatic carbocycles. The van der Waals surface area contributed by atoms with Crippen LogP contribution in [-0.4, -0.2) is 42.1 Å². The molecule has 0 unspecified atom stereocenters. The molecule has 0 aromatic heterocycles. The van der Waals surface area contributed by atoms with Crippen LogP contribution in [0.4, 0.5) is 5.69 Å². The minimum absolute atomic E-state index is 0.0130. The van der Waals surface area contributed by atoms with Gasteiger partial charge in [-0.25, -0.2) is 0 Å². The molecule has 2 aliphatic heterocycles. The lowest BCUT2D eigenvalue weighted by molar-refractivity contribution is -0.123. The molecule has 2 aliphatic rings. The number of halogens is 1. The third-order valence-electron chi connectivity index (χ3n) is 5.43. The first kappa shape index (κ1) is 19.3. The number of carbonyl (C=O) groups excluding carboxylic acids is 2. The summed E-state index contributed by atoms with van der Waals surface area (Å²) in [5, 5.41) is 0.622. The molecule has 28 heavy (non-hydrogen) atoms. The molecule has 1 fully saturated rings. The first-order valence-corrected chi connectivity index (χ1v) is 11.1. The van der Waals surface area contributed by atoms with Gasteiger partial charge in [0.25, 0.3) is 5.91 Å². The number of amides is 2. The van der Waals surface area contributed by atoms with E-state index in [0.717, 1.165) is 24.4 Å². The minimum atomic E-state index is -0.0228. The second-order valence-electron chi connectivity index (χ2n) is 7.23. The first-order valence-electron chi connectivity index (χ1n) is 9.71. The molecule has 2 aromatic rings. The zero-order valence-electron chi connectivity index (χ0n) is 15.6. The van der Waals surface area contributed by atoms with Crippen molar-refractivity contribution in [2.75, 3.05) is 30.3 Å². The summed E-state index contributed by atoms with van der Waals surface area (Å²) in [6.07, 6.45) is 2.42. The molecule has 4 rings (SSSR count). The number of hydrogen-bond donors (Lipinski definition) is 0. The van der Waals surface area contributed by atoms with Crippen LogP contribution in [0.25, 0.3) is 0 Å². The van der Waals surface area contributed by atoms with Gasteiger partial charge in [0.2, 0.25) is 5.91 Å². The van der Waals surface area contributed by atoms with Crippen LogP contribution in [0.15, 0.2) is 53.4 Å². The van der Waals surface area contributed by atoms with Gasteiger partial charge in [-0.05, 0) is 61.4 Å². The maximum Gasteiger partial charge on any atom is 0.253 e. The fourth-order valence-electron chi connectivity index (χ4n) is 3.88. The predicted molar refractivity (Wildman–Crippen MR) is 114 cm³/mol. The smallest absolute Gasteiger partial charge is 0.253 e. The standard InChI is InChI=1S/C22H23ClN2O2S/c23-18-8-6-16(7-9-18)21(26)24-13-10-17(11-14-24)22(27)25-12-3-15-28-20-5-2-1-4-19(20)25/h1-2,4-9,17H,3,10-15H2. The van der Waals surface area contributed by atoms with E-state index in [1.165, 1.54) is 4.90 Å². The van der Waals surface area contributed by atoms with Crippen LogP contribution in [0.5, 0.6) is 0 Å². The molecule has 2 heterocycles. The van der Waals surface area contributed by atoms with E-state index in [-0.39, 0.29) is 17.7 Å². The number of likely N-dealkylation sites (tertiary alicyclic amines) is 1. The van der Waals surface area contributed by atoms with E-state index in [1.54, 1.807) is 24.3 Å². The number of fused-ring (bicyclic) bond motifs is 1. The molecule has 1 saturated heterocycles. The second kappa shape index (κ2) is 8.58. The van der Waals surface area contributed by atoms with E-state index >= 15 is 0 Å². The summed E-state index contributed by atoms with van der Waals surface area (Å²) < 4.78 is 0. The zero-order chi connectivity index (χ0) is 19.5. The van der Waals surface area contributed by atoms with Crippen molar-refractivity contribution in [2.24, 2.45) is 5.92 Å². The average molecular weight is 415 g/mol. The Labute approximate surface area is 174 Å². The number of rotatable bonds is 2. The molecule has 2 amide bonds. The van der Waals surface area contributed by atoms with Gasteiger partial charge in [0.1, 0.15) is 0 Å². The van der Waals surface area contributed by atoms with Gasteiger partial charge >= 0.3 is 0 Å². The SMILES string of the molecule is O=C(c1ccc(Cl)cc1)N1CCC(C(=O)N2CCCSc3ccccc32)CC1. The van der Waals surface area contributed by atoms with Crippen LogP contribution in [0.1, 0.15) is 29.6 Å². The van der Waals surface area contributed by atoms with Crippen molar-refractivity contribution < 1.29 is 9.59 Å². The van der Waals surface area contributed by atoms with Crippen LogP contribution >= 0.6 is 23.4 Å². The molecule has 0 spiro atoms. The van der Waals surface area contributed by atoms with E-state index < -0.39 is 0 Å². The summed E-state index contributed by atoms with van der Waals surface area (Å²) >= 11 is 7.73. The summed E-state index contributed by atoms with van der Waals surface area (Å²) in [6.45, 7) is 2.00. The summed E-state index contributed by atoms with van der Waals surface area (Å²) in [6, 6.07) is 15.2. The number of para-hydroxylation sites is 1. The van der Waals surface area contributed by atoms with Crippen LogP contribution < -0.4 is 4.90 Å². The lowest BCUT2D eigenvalue weighted by atomic mass is 9.94. The van der Waals surface area contributed by atoms with Crippen LogP contribution in [0, 0.1) is 5.92 Å². The largest absolute Gasteiger partial charge is 0.339 e. The molecule has 6 heteroatoms. The van der Waals surface area contributed by atoms with Crippen molar-refractivity contribution in [3.63, 3.8) is 0 Å². The highest BCUT2D eigenvalue weighted by Gasteiger charge is 2.32. The third-order valence-corrected chi connectivity index (χ3v) is 6.83. The highest BCUT2D eigenvalue weighted by atomic mass is 35.5. The Bertz CT molecular complexity index is 863. The van der Waals surface area contributed by atoms with Gasteiger partial charge in [-0.3, -0.25) is 9.59 Å². The fourth-order valence-corrected chi connectivity index (χ4v) is 5.00. The fraction of sp³-hybridized carbons (Fsp3) is 0.364. The molecule has 0 N–H and O–H groups in total. The number of benzene rings is 2. The van der Waals surface area contributed by atoms with E-state index in [1.807, 2.05) is 39.8 Å². The van der Waals surface area contributed by atoms with Gasteiger partial charge in [0.05, 0.1) is 5.69 Å². The van der Waals surface area contributed by atoms with Gasteiger partial charge in [0.15, 0.2) is 0 Å².